The second kappa shape index (κ2) is 5.49. The third kappa shape index (κ3) is 3.69. The largest absolute Gasteiger partial charge is 0.486 e. The first kappa shape index (κ1) is 14.3. The summed E-state index contributed by atoms with van der Waals surface area (Å²) in [6, 6.07) is 5.61. The molecule has 2 N–H and O–H groups in total. The molecule has 0 aliphatic carbocycles. The van der Waals surface area contributed by atoms with Crippen LogP contribution in [0.1, 0.15) is 29.3 Å². The maximum absolute atomic E-state index is 6.03. The third-order valence-electron chi connectivity index (χ3n) is 2.68. The Morgan fingerprint density at radius 2 is 2.16 bits per heavy atom. The zero-order valence-corrected chi connectivity index (χ0v) is 12.8. The topological polar surface area (TPSA) is 48.1 Å². The first-order valence-corrected chi connectivity index (χ1v) is 7.19. The van der Waals surface area contributed by atoms with Gasteiger partial charge in [-0.25, -0.2) is 4.98 Å². The molecule has 1 heterocycles. The number of rotatable bonds is 4. The summed E-state index contributed by atoms with van der Waals surface area (Å²) in [5, 5.41) is 1.66. The molecule has 1 aromatic heterocycles. The molecule has 2 aromatic rings. The van der Waals surface area contributed by atoms with Gasteiger partial charge in [-0.15, -0.1) is 11.3 Å². The summed E-state index contributed by atoms with van der Waals surface area (Å²) in [7, 11) is 0. The fraction of sp³-hybridized carbons (Fsp3) is 0.357. The maximum Gasteiger partial charge on any atom is 0.140 e. The van der Waals surface area contributed by atoms with E-state index in [4.69, 9.17) is 22.1 Å². The van der Waals surface area contributed by atoms with Crippen LogP contribution in [0.3, 0.4) is 0 Å². The van der Waals surface area contributed by atoms with E-state index in [0.29, 0.717) is 6.61 Å². The van der Waals surface area contributed by atoms with Crippen molar-refractivity contribution in [2.75, 3.05) is 0 Å². The summed E-state index contributed by atoms with van der Waals surface area (Å²) in [4.78, 5) is 5.38. The number of thiazole rings is 1. The van der Waals surface area contributed by atoms with Crippen molar-refractivity contribution in [3.05, 3.63) is 44.9 Å². The highest BCUT2D eigenvalue weighted by Crippen LogP contribution is 2.25. The van der Waals surface area contributed by atoms with Gasteiger partial charge < -0.3 is 10.5 Å². The van der Waals surface area contributed by atoms with Gasteiger partial charge in [-0.3, -0.25) is 0 Å². The molecule has 0 radical (unpaired) electrons. The number of nitrogens with two attached hydrogens (primary N) is 1. The van der Waals surface area contributed by atoms with Crippen molar-refractivity contribution in [1.29, 1.82) is 0 Å². The quantitative estimate of drug-likeness (QED) is 0.931. The minimum absolute atomic E-state index is 0.354. The Labute approximate surface area is 122 Å². The van der Waals surface area contributed by atoms with E-state index < -0.39 is 0 Å². The lowest BCUT2D eigenvalue weighted by Crippen LogP contribution is -2.27. The highest BCUT2D eigenvalue weighted by atomic mass is 35.5. The predicted molar refractivity (Wildman–Crippen MR) is 79.8 cm³/mol. The summed E-state index contributed by atoms with van der Waals surface area (Å²) in [5.74, 6) is 0.797. The molecule has 0 fully saturated rings. The fourth-order valence-corrected chi connectivity index (χ4v) is 2.49. The summed E-state index contributed by atoms with van der Waals surface area (Å²) < 4.78 is 5.70. The highest BCUT2D eigenvalue weighted by Gasteiger charge is 2.17. The second-order valence-electron chi connectivity index (χ2n) is 5.04. The van der Waals surface area contributed by atoms with E-state index in [9.17, 15) is 0 Å². The Hall–Kier alpha value is -1.10. The van der Waals surface area contributed by atoms with Gasteiger partial charge in [-0.1, -0.05) is 11.6 Å². The zero-order valence-electron chi connectivity index (χ0n) is 11.2. The van der Waals surface area contributed by atoms with Gasteiger partial charge in [0.1, 0.15) is 17.4 Å². The Kier molecular flexibility index (Phi) is 4.13. The normalized spacial score (nSPS) is 11.6. The van der Waals surface area contributed by atoms with Crippen LogP contribution < -0.4 is 10.5 Å². The van der Waals surface area contributed by atoms with Crippen LogP contribution in [0.5, 0.6) is 5.75 Å². The number of hydrogen-bond donors (Lipinski definition) is 1. The van der Waals surface area contributed by atoms with Crippen LogP contribution in [-0.4, -0.2) is 4.98 Å². The average molecular weight is 297 g/mol. The summed E-state index contributed by atoms with van der Waals surface area (Å²) >= 11 is 7.55. The molecule has 0 saturated heterocycles. The molecule has 19 heavy (non-hydrogen) atoms. The predicted octanol–water partition coefficient (Wildman–Crippen LogP) is 3.88. The van der Waals surface area contributed by atoms with Gasteiger partial charge in [0.15, 0.2) is 0 Å². The first-order valence-electron chi connectivity index (χ1n) is 5.99. The van der Waals surface area contributed by atoms with Crippen molar-refractivity contribution < 1.29 is 4.74 Å². The molecule has 1 aromatic carbocycles. The van der Waals surface area contributed by atoms with Crippen molar-refractivity contribution >= 4 is 22.9 Å². The minimum atomic E-state index is -0.354. The summed E-state index contributed by atoms with van der Waals surface area (Å²) in [6.07, 6.45) is 1.82. The van der Waals surface area contributed by atoms with Crippen LogP contribution in [0.4, 0.5) is 0 Å². The van der Waals surface area contributed by atoms with Crippen LogP contribution >= 0.6 is 22.9 Å². The van der Waals surface area contributed by atoms with Crippen molar-refractivity contribution in [2.45, 2.75) is 32.9 Å². The Balaban J connectivity index is 2.02. The number of ether oxygens (including phenoxy) is 1. The molecule has 0 unspecified atom stereocenters. The number of nitrogens with zero attached hydrogens (tertiary/aromatic N) is 1. The number of benzene rings is 1. The molecule has 0 amide bonds. The van der Waals surface area contributed by atoms with E-state index in [0.717, 1.165) is 26.2 Å². The van der Waals surface area contributed by atoms with Gasteiger partial charge in [-0.2, -0.15) is 0 Å². The molecule has 102 valence electrons. The molecule has 0 atom stereocenters. The van der Waals surface area contributed by atoms with Crippen molar-refractivity contribution in [3.63, 3.8) is 0 Å². The van der Waals surface area contributed by atoms with Crippen molar-refractivity contribution in [3.8, 4) is 5.75 Å². The third-order valence-corrected chi connectivity index (χ3v) is 4.41. The van der Waals surface area contributed by atoms with E-state index >= 15 is 0 Å². The monoisotopic (exact) mass is 296 g/mol. The van der Waals surface area contributed by atoms with Gasteiger partial charge in [0, 0.05) is 21.6 Å². The Morgan fingerprint density at radius 1 is 1.42 bits per heavy atom. The Morgan fingerprint density at radius 3 is 2.74 bits per heavy atom. The smallest absolute Gasteiger partial charge is 0.140 e. The zero-order chi connectivity index (χ0) is 14.0. The standard InChI is InChI=1S/C14H17ClN2OS/c1-9-6-10(4-5-11(9)15)18-8-13-17-7-12(19-13)14(2,3)16/h4-7H,8,16H2,1-3H3. The lowest BCUT2D eigenvalue weighted by Gasteiger charge is -2.14. The van der Waals surface area contributed by atoms with Gasteiger partial charge >= 0.3 is 0 Å². The number of aromatic nitrogens is 1. The van der Waals surface area contributed by atoms with Gasteiger partial charge in [0.05, 0.1) is 0 Å². The van der Waals surface area contributed by atoms with Crippen LogP contribution in [0.25, 0.3) is 0 Å². The highest BCUT2D eigenvalue weighted by molar-refractivity contribution is 7.11. The van der Waals surface area contributed by atoms with Crippen LogP contribution in [0.2, 0.25) is 5.02 Å². The molecule has 0 spiro atoms. The average Bonchev–Trinajstić information content (AvgIpc) is 2.79. The van der Waals surface area contributed by atoms with E-state index in [1.165, 1.54) is 0 Å². The lowest BCUT2D eigenvalue weighted by molar-refractivity contribution is 0.305. The van der Waals surface area contributed by atoms with Crippen molar-refractivity contribution in [2.24, 2.45) is 5.73 Å². The van der Waals surface area contributed by atoms with E-state index in [1.54, 1.807) is 11.3 Å². The van der Waals surface area contributed by atoms with Crippen LogP contribution in [0, 0.1) is 6.92 Å². The van der Waals surface area contributed by atoms with Crippen molar-refractivity contribution in [1.82, 2.24) is 4.98 Å². The molecule has 0 bridgehead atoms. The van der Waals surface area contributed by atoms with E-state index in [-0.39, 0.29) is 5.54 Å². The summed E-state index contributed by atoms with van der Waals surface area (Å²) in [5.41, 5.74) is 6.68. The number of halogens is 1. The molecule has 0 saturated carbocycles. The SMILES string of the molecule is Cc1cc(OCc2ncc(C(C)(C)N)s2)ccc1Cl. The molecular weight excluding hydrogens is 280 g/mol. The lowest BCUT2D eigenvalue weighted by atomic mass is 10.1. The molecular formula is C14H17ClN2OS. The van der Waals surface area contributed by atoms with E-state index in [1.807, 2.05) is 45.2 Å². The minimum Gasteiger partial charge on any atom is -0.486 e. The molecule has 3 nitrogen and oxygen atoms in total. The van der Waals surface area contributed by atoms with Crippen LogP contribution in [-0.2, 0) is 12.1 Å². The molecule has 0 aliphatic rings. The second-order valence-corrected chi connectivity index (χ2v) is 6.56. The van der Waals surface area contributed by atoms with Gasteiger partial charge in [0.2, 0.25) is 0 Å². The van der Waals surface area contributed by atoms with Crippen LogP contribution in [0.15, 0.2) is 24.4 Å². The summed E-state index contributed by atoms with van der Waals surface area (Å²) in [6.45, 7) is 6.33. The number of aryl methyl sites for hydroxylation is 1. The molecule has 2 rings (SSSR count). The fourth-order valence-electron chi connectivity index (χ4n) is 1.53. The van der Waals surface area contributed by atoms with Gasteiger partial charge in [-0.05, 0) is 44.5 Å². The molecule has 5 heteroatoms. The Bertz CT molecular complexity index is 575. The maximum atomic E-state index is 6.03. The number of hydrogen-bond acceptors (Lipinski definition) is 4. The van der Waals surface area contributed by atoms with Gasteiger partial charge in [0.25, 0.3) is 0 Å². The first-order chi connectivity index (χ1) is 8.86. The molecule has 0 aliphatic heterocycles. The van der Waals surface area contributed by atoms with E-state index in [2.05, 4.69) is 4.98 Å².